The number of benzene rings is 1. The van der Waals surface area contributed by atoms with Crippen molar-refractivity contribution < 1.29 is 14.3 Å². The number of nitrogens with zero attached hydrogens (tertiary/aromatic N) is 1. The van der Waals surface area contributed by atoms with Crippen molar-refractivity contribution in [2.75, 3.05) is 44.4 Å². The highest BCUT2D eigenvalue weighted by Crippen LogP contribution is 2.20. The minimum atomic E-state index is -0.0561. The van der Waals surface area contributed by atoms with Gasteiger partial charge in [0, 0.05) is 30.9 Å². The summed E-state index contributed by atoms with van der Waals surface area (Å²) in [6.45, 7) is 4.52. The minimum Gasteiger partial charge on any atom is -0.376 e. The van der Waals surface area contributed by atoms with E-state index in [1.54, 1.807) is 0 Å². The molecule has 5 heteroatoms. The highest BCUT2D eigenvalue weighted by atomic mass is 16.6. The van der Waals surface area contributed by atoms with Crippen molar-refractivity contribution in [2.45, 2.75) is 25.4 Å². The number of carbonyl (C=O) groups excluding carboxylic acids is 1. The van der Waals surface area contributed by atoms with E-state index in [1.807, 2.05) is 24.3 Å². The second kappa shape index (κ2) is 7.61. The number of amides is 1. The predicted molar refractivity (Wildman–Crippen MR) is 85.4 cm³/mol. The maximum Gasteiger partial charge on any atom is 0.251 e. The first kappa shape index (κ1) is 15.3. The lowest BCUT2D eigenvalue weighted by Crippen LogP contribution is -2.39. The molecule has 2 aliphatic rings. The van der Waals surface area contributed by atoms with Crippen molar-refractivity contribution in [3.05, 3.63) is 29.8 Å². The van der Waals surface area contributed by atoms with Crippen LogP contribution in [-0.4, -0.2) is 51.5 Å². The van der Waals surface area contributed by atoms with Crippen LogP contribution in [0.2, 0.25) is 0 Å². The summed E-state index contributed by atoms with van der Waals surface area (Å²) < 4.78 is 10.8. The third-order valence-electron chi connectivity index (χ3n) is 4.23. The highest BCUT2D eigenvalue weighted by Gasteiger charge is 2.16. The van der Waals surface area contributed by atoms with Crippen LogP contribution in [-0.2, 0) is 9.47 Å². The summed E-state index contributed by atoms with van der Waals surface area (Å²) in [5, 5.41) is 2.91. The molecule has 0 spiro atoms. The van der Waals surface area contributed by atoms with Gasteiger partial charge in [-0.15, -0.1) is 0 Å². The Morgan fingerprint density at radius 3 is 2.59 bits per heavy atom. The fourth-order valence-electron chi connectivity index (χ4n) is 2.94. The number of nitrogens with one attached hydrogen (secondary N) is 1. The molecule has 1 N–H and O–H groups in total. The lowest BCUT2D eigenvalue weighted by molar-refractivity contribution is -0.0855. The predicted octanol–water partition coefficient (Wildman–Crippen LogP) is 1.82. The Balaban J connectivity index is 1.51. The van der Waals surface area contributed by atoms with Gasteiger partial charge in [-0.1, -0.05) is 0 Å². The molecule has 0 radical (unpaired) electrons. The van der Waals surface area contributed by atoms with E-state index in [-0.39, 0.29) is 12.0 Å². The van der Waals surface area contributed by atoms with Gasteiger partial charge in [-0.25, -0.2) is 0 Å². The molecule has 1 amide bonds. The molecule has 2 saturated heterocycles. The lowest BCUT2D eigenvalue weighted by atomic mass is 10.1. The van der Waals surface area contributed by atoms with Crippen LogP contribution in [0, 0.1) is 0 Å². The molecule has 22 heavy (non-hydrogen) atoms. The van der Waals surface area contributed by atoms with E-state index in [2.05, 4.69) is 10.2 Å². The number of carbonyl (C=O) groups is 1. The van der Waals surface area contributed by atoms with Crippen LogP contribution in [0.3, 0.4) is 0 Å². The van der Waals surface area contributed by atoms with Gasteiger partial charge in [0.05, 0.1) is 25.9 Å². The standard InChI is InChI=1S/C17H24N2O3/c20-17(18-12-16-13-21-10-11-22-16)14-4-6-15(7-5-14)19-8-2-1-3-9-19/h4-7,16H,1-3,8-13H2,(H,18,20)/t16-/m0/s1. The Morgan fingerprint density at radius 2 is 1.91 bits per heavy atom. The molecule has 2 heterocycles. The Bertz CT molecular complexity index is 477. The number of rotatable bonds is 4. The molecule has 1 atom stereocenters. The van der Waals surface area contributed by atoms with Crippen LogP contribution < -0.4 is 10.2 Å². The number of hydrogen-bond acceptors (Lipinski definition) is 4. The monoisotopic (exact) mass is 304 g/mol. The largest absolute Gasteiger partial charge is 0.376 e. The molecule has 0 aromatic heterocycles. The number of ether oxygens (including phenoxy) is 2. The molecule has 2 fully saturated rings. The zero-order valence-electron chi connectivity index (χ0n) is 12.9. The molecule has 0 bridgehead atoms. The minimum absolute atomic E-state index is 0.0367. The number of hydrogen-bond donors (Lipinski definition) is 1. The van der Waals surface area contributed by atoms with Gasteiger partial charge in [0.1, 0.15) is 0 Å². The molecule has 2 aliphatic heterocycles. The quantitative estimate of drug-likeness (QED) is 0.922. The van der Waals surface area contributed by atoms with Crippen molar-refractivity contribution in [2.24, 2.45) is 0 Å². The van der Waals surface area contributed by atoms with E-state index in [4.69, 9.17) is 9.47 Å². The van der Waals surface area contributed by atoms with Crippen LogP contribution in [0.4, 0.5) is 5.69 Å². The first-order valence-electron chi connectivity index (χ1n) is 8.15. The molecule has 5 nitrogen and oxygen atoms in total. The normalized spacial score (nSPS) is 22.4. The Hall–Kier alpha value is -1.59. The van der Waals surface area contributed by atoms with Gasteiger partial charge < -0.3 is 19.7 Å². The van der Waals surface area contributed by atoms with Crippen LogP contribution >= 0.6 is 0 Å². The van der Waals surface area contributed by atoms with Crippen LogP contribution in [0.5, 0.6) is 0 Å². The summed E-state index contributed by atoms with van der Waals surface area (Å²) in [6, 6.07) is 7.88. The Kier molecular flexibility index (Phi) is 5.29. The second-order valence-corrected chi connectivity index (χ2v) is 5.87. The van der Waals surface area contributed by atoms with E-state index >= 15 is 0 Å². The summed E-state index contributed by atoms with van der Waals surface area (Å²) in [6.07, 6.45) is 3.80. The third-order valence-corrected chi connectivity index (χ3v) is 4.23. The van der Waals surface area contributed by atoms with Gasteiger partial charge in [0.25, 0.3) is 5.91 Å². The topological polar surface area (TPSA) is 50.8 Å². The fourth-order valence-corrected chi connectivity index (χ4v) is 2.94. The van der Waals surface area contributed by atoms with Gasteiger partial charge in [-0.2, -0.15) is 0 Å². The Labute approximate surface area is 131 Å². The summed E-state index contributed by atoms with van der Waals surface area (Å²) in [7, 11) is 0. The fraction of sp³-hybridized carbons (Fsp3) is 0.588. The van der Waals surface area contributed by atoms with Gasteiger partial charge in [-0.3, -0.25) is 4.79 Å². The van der Waals surface area contributed by atoms with Gasteiger partial charge in [-0.05, 0) is 43.5 Å². The highest BCUT2D eigenvalue weighted by molar-refractivity contribution is 5.94. The van der Waals surface area contributed by atoms with Crippen LogP contribution in [0.25, 0.3) is 0 Å². The first-order chi connectivity index (χ1) is 10.8. The molecule has 3 rings (SSSR count). The van der Waals surface area contributed by atoms with E-state index in [0.29, 0.717) is 31.9 Å². The van der Waals surface area contributed by atoms with Gasteiger partial charge >= 0.3 is 0 Å². The number of anilines is 1. The summed E-state index contributed by atoms with van der Waals surface area (Å²) >= 11 is 0. The van der Waals surface area contributed by atoms with Gasteiger partial charge in [0.15, 0.2) is 0 Å². The molecule has 0 unspecified atom stereocenters. The van der Waals surface area contributed by atoms with Crippen molar-refractivity contribution >= 4 is 11.6 Å². The van der Waals surface area contributed by atoms with E-state index in [9.17, 15) is 4.79 Å². The zero-order chi connectivity index (χ0) is 15.2. The van der Waals surface area contributed by atoms with E-state index in [0.717, 1.165) is 13.1 Å². The average molecular weight is 304 g/mol. The third kappa shape index (κ3) is 3.99. The van der Waals surface area contributed by atoms with Crippen molar-refractivity contribution in [1.29, 1.82) is 0 Å². The SMILES string of the molecule is O=C(NC[C@H]1COCCO1)c1ccc(N2CCCCC2)cc1. The maximum atomic E-state index is 12.2. The molecule has 1 aromatic rings. The summed E-state index contributed by atoms with van der Waals surface area (Å²) in [5.41, 5.74) is 1.90. The van der Waals surface area contributed by atoms with Crippen LogP contribution in [0.1, 0.15) is 29.6 Å². The average Bonchev–Trinajstić information content (AvgIpc) is 2.61. The second-order valence-electron chi connectivity index (χ2n) is 5.87. The molecule has 0 aliphatic carbocycles. The van der Waals surface area contributed by atoms with Crippen molar-refractivity contribution in [3.8, 4) is 0 Å². The summed E-state index contributed by atoms with van der Waals surface area (Å²) in [4.78, 5) is 14.5. The first-order valence-corrected chi connectivity index (χ1v) is 8.15. The zero-order valence-corrected chi connectivity index (χ0v) is 12.9. The smallest absolute Gasteiger partial charge is 0.251 e. The van der Waals surface area contributed by atoms with Crippen molar-refractivity contribution in [3.63, 3.8) is 0 Å². The molecule has 1 aromatic carbocycles. The summed E-state index contributed by atoms with van der Waals surface area (Å²) in [5.74, 6) is -0.0561. The Morgan fingerprint density at radius 1 is 1.14 bits per heavy atom. The molecule has 120 valence electrons. The molecule has 0 saturated carbocycles. The lowest BCUT2D eigenvalue weighted by Gasteiger charge is -2.28. The number of piperidine rings is 1. The maximum absolute atomic E-state index is 12.2. The molecular weight excluding hydrogens is 280 g/mol. The van der Waals surface area contributed by atoms with E-state index in [1.165, 1.54) is 24.9 Å². The molecular formula is C17H24N2O3. The van der Waals surface area contributed by atoms with Gasteiger partial charge in [0.2, 0.25) is 0 Å². The van der Waals surface area contributed by atoms with Crippen LogP contribution in [0.15, 0.2) is 24.3 Å². The van der Waals surface area contributed by atoms with Crippen molar-refractivity contribution in [1.82, 2.24) is 5.32 Å². The van der Waals surface area contributed by atoms with E-state index < -0.39 is 0 Å².